The monoisotopic (exact) mass is 262 g/mol. The van der Waals surface area contributed by atoms with E-state index in [1.54, 1.807) is 13.8 Å². The van der Waals surface area contributed by atoms with Gasteiger partial charge in [0.25, 0.3) is 0 Å². The van der Waals surface area contributed by atoms with Crippen LogP contribution >= 0.6 is 0 Å². The van der Waals surface area contributed by atoms with Crippen molar-refractivity contribution in [1.29, 1.82) is 0 Å². The van der Waals surface area contributed by atoms with Crippen LogP contribution in [0.15, 0.2) is 0 Å². The SMILES string of the molecule is CCOC(C)C(C)OC(=O)OC(C)C(C)OCC. The molecule has 4 atom stereocenters. The van der Waals surface area contributed by atoms with E-state index in [2.05, 4.69) is 0 Å². The average molecular weight is 262 g/mol. The first-order chi connectivity index (χ1) is 8.42. The summed E-state index contributed by atoms with van der Waals surface area (Å²) in [7, 11) is 0. The highest BCUT2D eigenvalue weighted by Gasteiger charge is 2.22. The molecule has 0 aromatic carbocycles. The summed E-state index contributed by atoms with van der Waals surface area (Å²) < 4.78 is 20.9. The normalized spacial score (nSPS) is 17.7. The van der Waals surface area contributed by atoms with Gasteiger partial charge in [-0.3, -0.25) is 0 Å². The predicted molar refractivity (Wildman–Crippen MR) is 68.7 cm³/mol. The number of ether oxygens (including phenoxy) is 4. The van der Waals surface area contributed by atoms with Crippen LogP contribution in [0.3, 0.4) is 0 Å². The van der Waals surface area contributed by atoms with E-state index in [1.165, 1.54) is 0 Å². The minimum atomic E-state index is -0.687. The zero-order valence-corrected chi connectivity index (χ0v) is 12.3. The molecular formula is C13H26O5. The van der Waals surface area contributed by atoms with E-state index in [9.17, 15) is 4.79 Å². The predicted octanol–water partition coefficient (Wildman–Crippen LogP) is 2.77. The lowest BCUT2D eigenvalue weighted by Crippen LogP contribution is -2.33. The Morgan fingerprint density at radius 3 is 1.39 bits per heavy atom. The molecule has 5 heteroatoms. The molecular weight excluding hydrogens is 236 g/mol. The third kappa shape index (κ3) is 6.81. The maximum absolute atomic E-state index is 11.5. The number of rotatable bonds is 8. The van der Waals surface area contributed by atoms with E-state index in [0.717, 1.165) is 0 Å². The number of carbonyl (C=O) groups excluding carboxylic acids is 1. The van der Waals surface area contributed by atoms with Crippen molar-refractivity contribution >= 4 is 6.16 Å². The Hall–Kier alpha value is -0.810. The summed E-state index contributed by atoms with van der Waals surface area (Å²) in [5, 5.41) is 0. The van der Waals surface area contributed by atoms with Gasteiger partial charge in [-0.1, -0.05) is 0 Å². The molecule has 0 heterocycles. The third-order valence-corrected chi connectivity index (χ3v) is 2.75. The lowest BCUT2D eigenvalue weighted by Gasteiger charge is -2.23. The van der Waals surface area contributed by atoms with Crippen LogP contribution in [-0.4, -0.2) is 43.8 Å². The van der Waals surface area contributed by atoms with Crippen molar-refractivity contribution in [1.82, 2.24) is 0 Å². The zero-order chi connectivity index (χ0) is 14.1. The van der Waals surface area contributed by atoms with Gasteiger partial charge in [-0.15, -0.1) is 0 Å². The van der Waals surface area contributed by atoms with Gasteiger partial charge in [0, 0.05) is 13.2 Å². The molecule has 0 rings (SSSR count). The maximum Gasteiger partial charge on any atom is 0.508 e. The highest BCUT2D eigenvalue weighted by Crippen LogP contribution is 2.08. The van der Waals surface area contributed by atoms with Gasteiger partial charge in [0.1, 0.15) is 12.2 Å². The molecule has 0 spiro atoms. The van der Waals surface area contributed by atoms with Crippen molar-refractivity contribution in [2.75, 3.05) is 13.2 Å². The van der Waals surface area contributed by atoms with Crippen molar-refractivity contribution in [3.63, 3.8) is 0 Å². The molecule has 0 saturated heterocycles. The van der Waals surface area contributed by atoms with Crippen LogP contribution in [0, 0.1) is 0 Å². The van der Waals surface area contributed by atoms with E-state index in [-0.39, 0.29) is 24.4 Å². The van der Waals surface area contributed by atoms with Crippen molar-refractivity contribution in [2.24, 2.45) is 0 Å². The standard InChI is InChI=1S/C13H26O5/c1-7-15-9(3)11(5)17-13(14)18-12(6)10(4)16-8-2/h9-12H,7-8H2,1-6H3. The van der Waals surface area contributed by atoms with Gasteiger partial charge in [-0.2, -0.15) is 0 Å². The summed E-state index contributed by atoms with van der Waals surface area (Å²) in [4.78, 5) is 11.5. The van der Waals surface area contributed by atoms with Gasteiger partial charge in [0.2, 0.25) is 0 Å². The summed E-state index contributed by atoms with van der Waals surface area (Å²) in [5.74, 6) is 0. The average Bonchev–Trinajstić information content (AvgIpc) is 2.29. The van der Waals surface area contributed by atoms with Gasteiger partial charge in [-0.25, -0.2) is 4.79 Å². The van der Waals surface area contributed by atoms with Gasteiger partial charge in [0.05, 0.1) is 12.2 Å². The Labute approximate surface area is 110 Å². The van der Waals surface area contributed by atoms with E-state index in [4.69, 9.17) is 18.9 Å². The molecule has 0 radical (unpaired) electrons. The Morgan fingerprint density at radius 2 is 1.11 bits per heavy atom. The minimum Gasteiger partial charge on any atom is -0.429 e. The Morgan fingerprint density at radius 1 is 0.778 bits per heavy atom. The van der Waals surface area contributed by atoms with Crippen LogP contribution in [0.2, 0.25) is 0 Å². The molecule has 0 fully saturated rings. The van der Waals surface area contributed by atoms with Crippen LogP contribution in [0.25, 0.3) is 0 Å². The first-order valence-electron chi connectivity index (χ1n) is 6.52. The molecule has 0 aromatic heterocycles. The van der Waals surface area contributed by atoms with Crippen LogP contribution in [0.4, 0.5) is 4.79 Å². The summed E-state index contributed by atoms with van der Waals surface area (Å²) in [6, 6.07) is 0. The van der Waals surface area contributed by atoms with Crippen molar-refractivity contribution in [3.8, 4) is 0 Å². The quantitative estimate of drug-likeness (QED) is 0.630. The van der Waals surface area contributed by atoms with E-state index >= 15 is 0 Å². The second-order valence-electron chi connectivity index (χ2n) is 4.22. The fourth-order valence-electron chi connectivity index (χ4n) is 1.32. The number of carbonyl (C=O) groups is 1. The topological polar surface area (TPSA) is 54.0 Å². The molecule has 108 valence electrons. The number of hydrogen-bond acceptors (Lipinski definition) is 5. The molecule has 0 aliphatic carbocycles. The molecule has 0 saturated carbocycles. The van der Waals surface area contributed by atoms with E-state index in [0.29, 0.717) is 13.2 Å². The van der Waals surface area contributed by atoms with E-state index in [1.807, 2.05) is 27.7 Å². The lowest BCUT2D eigenvalue weighted by atomic mass is 10.2. The van der Waals surface area contributed by atoms with Crippen LogP contribution in [0.5, 0.6) is 0 Å². The Bertz CT molecular complexity index is 209. The third-order valence-electron chi connectivity index (χ3n) is 2.75. The fourth-order valence-corrected chi connectivity index (χ4v) is 1.32. The lowest BCUT2D eigenvalue weighted by molar-refractivity contribution is -0.0764. The van der Waals surface area contributed by atoms with Gasteiger partial charge >= 0.3 is 6.16 Å². The van der Waals surface area contributed by atoms with Crippen LogP contribution in [-0.2, 0) is 18.9 Å². The highest BCUT2D eigenvalue weighted by atomic mass is 16.7. The molecule has 5 nitrogen and oxygen atoms in total. The van der Waals surface area contributed by atoms with Crippen molar-refractivity contribution in [3.05, 3.63) is 0 Å². The summed E-state index contributed by atoms with van der Waals surface area (Å²) in [6.45, 7) is 12.2. The fraction of sp³-hybridized carbons (Fsp3) is 0.923. The second-order valence-corrected chi connectivity index (χ2v) is 4.22. The molecule has 0 aromatic rings. The molecule has 18 heavy (non-hydrogen) atoms. The molecule has 0 N–H and O–H groups in total. The number of hydrogen-bond donors (Lipinski definition) is 0. The van der Waals surface area contributed by atoms with E-state index < -0.39 is 6.16 Å². The summed E-state index contributed by atoms with van der Waals surface area (Å²) >= 11 is 0. The zero-order valence-electron chi connectivity index (χ0n) is 12.3. The maximum atomic E-state index is 11.5. The molecule has 0 amide bonds. The smallest absolute Gasteiger partial charge is 0.429 e. The molecule has 0 aliphatic rings. The van der Waals surface area contributed by atoms with Gasteiger partial charge < -0.3 is 18.9 Å². The van der Waals surface area contributed by atoms with Gasteiger partial charge in [0.15, 0.2) is 0 Å². The first kappa shape index (κ1) is 17.2. The van der Waals surface area contributed by atoms with Crippen LogP contribution in [0.1, 0.15) is 41.5 Å². The Balaban J connectivity index is 4.02. The largest absolute Gasteiger partial charge is 0.508 e. The Kier molecular flexibility index (Phi) is 8.75. The molecule has 4 unspecified atom stereocenters. The van der Waals surface area contributed by atoms with Crippen molar-refractivity contribution in [2.45, 2.75) is 66.0 Å². The minimum absolute atomic E-state index is 0.151. The molecule has 0 aliphatic heterocycles. The summed E-state index contributed by atoms with van der Waals surface area (Å²) in [6.07, 6.45) is -1.67. The van der Waals surface area contributed by atoms with Crippen LogP contribution < -0.4 is 0 Å². The summed E-state index contributed by atoms with van der Waals surface area (Å²) in [5.41, 5.74) is 0. The molecule has 0 bridgehead atoms. The second kappa shape index (κ2) is 9.16. The first-order valence-corrected chi connectivity index (χ1v) is 6.52. The highest BCUT2D eigenvalue weighted by molar-refractivity contribution is 5.60. The van der Waals surface area contributed by atoms with Gasteiger partial charge in [-0.05, 0) is 41.5 Å². The van der Waals surface area contributed by atoms with Crippen molar-refractivity contribution < 1.29 is 23.7 Å².